The van der Waals surface area contributed by atoms with E-state index in [1.54, 1.807) is 11.3 Å². The van der Waals surface area contributed by atoms with Gasteiger partial charge in [0.15, 0.2) is 5.96 Å². The molecule has 0 radical (unpaired) electrons. The molecule has 0 aliphatic carbocycles. The van der Waals surface area contributed by atoms with Crippen LogP contribution in [0.25, 0.3) is 0 Å². The number of nitrogens with zero attached hydrogens (tertiary/aromatic N) is 3. The number of aryl methyl sites for hydroxylation is 1. The topological polar surface area (TPSA) is 69.6 Å². The zero-order valence-electron chi connectivity index (χ0n) is 17.7. The Morgan fingerprint density at radius 1 is 1.10 bits per heavy atom. The number of hydrogen-bond acceptors (Lipinski definition) is 4. The predicted octanol–water partition coefficient (Wildman–Crippen LogP) is 4.06. The van der Waals surface area contributed by atoms with Crippen molar-refractivity contribution in [1.82, 2.24) is 20.5 Å². The fraction of sp³-hybridized carbons (Fsp3) is 0.476. The molecule has 6 nitrogen and oxygen atoms in total. The molecule has 29 heavy (non-hydrogen) atoms. The van der Waals surface area contributed by atoms with Crippen LogP contribution in [0.2, 0.25) is 0 Å². The van der Waals surface area contributed by atoms with Crippen LogP contribution in [-0.4, -0.2) is 41.4 Å². The Hall–Kier alpha value is -1.68. The summed E-state index contributed by atoms with van der Waals surface area (Å²) < 4.78 is 0. The largest absolute Gasteiger partial charge is 0.357 e. The molecule has 0 saturated heterocycles. The number of amides is 1. The summed E-state index contributed by atoms with van der Waals surface area (Å²) in [5.41, 5.74) is 1.78. The van der Waals surface area contributed by atoms with Gasteiger partial charge in [-0.1, -0.05) is 19.1 Å². The first-order valence-corrected chi connectivity index (χ1v) is 10.8. The molecule has 0 aliphatic heterocycles. The van der Waals surface area contributed by atoms with E-state index in [4.69, 9.17) is 0 Å². The molecule has 0 unspecified atom stereocenters. The quantitative estimate of drug-likeness (QED) is 0.292. The van der Waals surface area contributed by atoms with Crippen molar-refractivity contribution < 1.29 is 4.79 Å². The van der Waals surface area contributed by atoms with Crippen LogP contribution in [0.4, 0.5) is 0 Å². The Kier molecular flexibility index (Phi) is 11.8. The van der Waals surface area contributed by atoms with Crippen LogP contribution in [0.15, 0.2) is 35.5 Å². The van der Waals surface area contributed by atoms with Gasteiger partial charge in [0.25, 0.3) is 5.91 Å². The number of guanidine groups is 1. The van der Waals surface area contributed by atoms with Gasteiger partial charge >= 0.3 is 0 Å². The highest BCUT2D eigenvalue weighted by Crippen LogP contribution is 2.13. The minimum Gasteiger partial charge on any atom is -0.357 e. The van der Waals surface area contributed by atoms with E-state index >= 15 is 0 Å². The molecule has 1 heterocycles. The second-order valence-corrected chi connectivity index (χ2v) is 7.50. The first-order chi connectivity index (χ1) is 13.6. The second kappa shape index (κ2) is 13.5. The lowest BCUT2D eigenvalue weighted by Crippen LogP contribution is -2.36. The summed E-state index contributed by atoms with van der Waals surface area (Å²) >= 11 is 1.73. The van der Waals surface area contributed by atoms with E-state index in [-0.39, 0.29) is 29.9 Å². The van der Waals surface area contributed by atoms with Crippen molar-refractivity contribution in [3.05, 3.63) is 51.5 Å². The lowest BCUT2D eigenvalue weighted by Gasteiger charge is -2.18. The van der Waals surface area contributed by atoms with E-state index in [0.29, 0.717) is 13.1 Å². The number of nitrogens with one attached hydrogen (secondary N) is 2. The maximum atomic E-state index is 12.4. The van der Waals surface area contributed by atoms with Crippen molar-refractivity contribution >= 4 is 47.2 Å². The number of rotatable bonds is 9. The van der Waals surface area contributed by atoms with Gasteiger partial charge in [0, 0.05) is 36.3 Å². The highest BCUT2D eigenvalue weighted by atomic mass is 127. The third-order valence-corrected chi connectivity index (χ3v) is 5.51. The average Bonchev–Trinajstić information content (AvgIpc) is 3.19. The lowest BCUT2D eigenvalue weighted by atomic mass is 10.1. The maximum absolute atomic E-state index is 12.4. The molecule has 0 fully saturated rings. The Morgan fingerprint density at radius 2 is 1.79 bits per heavy atom. The summed E-state index contributed by atoms with van der Waals surface area (Å²) in [6.07, 6.45) is 2.95. The number of halogens is 1. The normalized spacial score (nSPS) is 11.0. The monoisotopic (exact) mass is 529 g/mol. The minimum atomic E-state index is 0. The van der Waals surface area contributed by atoms with Gasteiger partial charge in [0.05, 0.1) is 13.1 Å². The molecule has 1 amide bonds. The molecule has 1 aromatic carbocycles. The molecule has 8 heteroatoms. The highest BCUT2D eigenvalue weighted by Gasteiger charge is 2.11. The second-order valence-electron chi connectivity index (χ2n) is 6.30. The van der Waals surface area contributed by atoms with Gasteiger partial charge in [-0.25, -0.2) is 9.98 Å². The van der Waals surface area contributed by atoms with Crippen LogP contribution in [0.5, 0.6) is 0 Å². The van der Waals surface area contributed by atoms with Gasteiger partial charge in [-0.2, -0.15) is 0 Å². The number of hydrogen-bond donors (Lipinski definition) is 2. The number of benzene rings is 1. The molecule has 0 aliphatic rings. The molecule has 2 N–H and O–H groups in total. The SMILES string of the molecule is CCNC(=NCc1ccc(C(=O)N(CC)CC)cc1)NCc1ncc(CC)s1.I. The molecule has 0 spiro atoms. The van der Waals surface area contributed by atoms with Gasteiger partial charge in [0.2, 0.25) is 0 Å². The van der Waals surface area contributed by atoms with Crippen LogP contribution in [-0.2, 0) is 19.5 Å². The maximum Gasteiger partial charge on any atom is 0.253 e. The minimum absolute atomic E-state index is 0. The van der Waals surface area contributed by atoms with Gasteiger partial charge < -0.3 is 15.5 Å². The van der Waals surface area contributed by atoms with E-state index in [1.807, 2.05) is 56.1 Å². The zero-order valence-corrected chi connectivity index (χ0v) is 20.8. The number of thiazole rings is 1. The van der Waals surface area contributed by atoms with Crippen LogP contribution in [0.3, 0.4) is 0 Å². The highest BCUT2D eigenvalue weighted by molar-refractivity contribution is 14.0. The van der Waals surface area contributed by atoms with Crippen molar-refractivity contribution in [3.63, 3.8) is 0 Å². The van der Waals surface area contributed by atoms with E-state index in [1.165, 1.54) is 4.88 Å². The fourth-order valence-corrected chi connectivity index (χ4v) is 3.51. The molecule has 160 valence electrons. The molecule has 0 atom stereocenters. The fourth-order valence-electron chi connectivity index (χ4n) is 2.71. The molecule has 2 rings (SSSR count). The van der Waals surface area contributed by atoms with Crippen LogP contribution < -0.4 is 10.6 Å². The van der Waals surface area contributed by atoms with Crippen molar-refractivity contribution in [2.24, 2.45) is 4.99 Å². The lowest BCUT2D eigenvalue weighted by molar-refractivity contribution is 0.0773. The van der Waals surface area contributed by atoms with Crippen molar-refractivity contribution in [2.45, 2.75) is 47.2 Å². The predicted molar refractivity (Wildman–Crippen MR) is 132 cm³/mol. The third-order valence-electron chi connectivity index (χ3n) is 4.37. The Balaban J connectivity index is 0.00000420. The van der Waals surface area contributed by atoms with E-state index in [2.05, 4.69) is 27.5 Å². The number of carbonyl (C=O) groups is 1. The van der Waals surface area contributed by atoms with Gasteiger partial charge in [-0.05, 0) is 44.9 Å². The van der Waals surface area contributed by atoms with E-state index < -0.39 is 0 Å². The molecule has 2 aromatic rings. The summed E-state index contributed by atoms with van der Waals surface area (Å²) in [6.45, 7) is 11.6. The zero-order chi connectivity index (χ0) is 20.4. The van der Waals surface area contributed by atoms with Crippen LogP contribution in [0, 0.1) is 0 Å². The Morgan fingerprint density at radius 3 is 2.34 bits per heavy atom. The number of aromatic nitrogens is 1. The molecular formula is C21H32IN5OS. The molecule has 0 bridgehead atoms. The summed E-state index contributed by atoms with van der Waals surface area (Å²) in [4.78, 5) is 24.6. The summed E-state index contributed by atoms with van der Waals surface area (Å²) in [7, 11) is 0. The van der Waals surface area contributed by atoms with E-state index in [0.717, 1.165) is 48.1 Å². The van der Waals surface area contributed by atoms with Crippen LogP contribution >= 0.6 is 35.3 Å². The van der Waals surface area contributed by atoms with Crippen molar-refractivity contribution in [1.29, 1.82) is 0 Å². The number of aliphatic imine (C=N–C) groups is 1. The Labute approximate surface area is 195 Å². The van der Waals surface area contributed by atoms with Crippen molar-refractivity contribution in [2.75, 3.05) is 19.6 Å². The van der Waals surface area contributed by atoms with Gasteiger partial charge in [-0.15, -0.1) is 35.3 Å². The summed E-state index contributed by atoms with van der Waals surface area (Å²) in [6, 6.07) is 7.71. The first kappa shape index (κ1) is 25.4. The molecule has 1 aromatic heterocycles. The van der Waals surface area contributed by atoms with Crippen LogP contribution in [0.1, 0.15) is 53.5 Å². The van der Waals surface area contributed by atoms with Gasteiger partial charge in [0.1, 0.15) is 5.01 Å². The Bertz CT molecular complexity index is 772. The number of carbonyl (C=O) groups excluding carboxylic acids is 1. The molecule has 0 saturated carbocycles. The smallest absolute Gasteiger partial charge is 0.253 e. The van der Waals surface area contributed by atoms with E-state index in [9.17, 15) is 4.79 Å². The third kappa shape index (κ3) is 7.93. The van der Waals surface area contributed by atoms with Crippen molar-refractivity contribution in [3.8, 4) is 0 Å². The van der Waals surface area contributed by atoms with Gasteiger partial charge in [-0.3, -0.25) is 4.79 Å². The average molecular weight is 529 g/mol. The standard InChI is InChI=1S/C21H31N5OS.HI/c1-5-18-14-23-19(28-18)15-25-21(22-6-2)24-13-16-9-11-17(12-10-16)20(27)26(7-3)8-4;/h9-12,14H,5-8,13,15H2,1-4H3,(H2,22,24,25);1H. The first-order valence-electron chi connectivity index (χ1n) is 9.95. The summed E-state index contributed by atoms with van der Waals surface area (Å²) in [5.74, 6) is 0.837. The molecular weight excluding hydrogens is 497 g/mol. The summed E-state index contributed by atoms with van der Waals surface area (Å²) in [5, 5.41) is 7.65.